The van der Waals surface area contributed by atoms with E-state index in [0.717, 1.165) is 43.6 Å². The second kappa shape index (κ2) is 6.80. The molecule has 2 saturated heterocycles. The zero-order valence-corrected chi connectivity index (χ0v) is 15.5. The van der Waals surface area contributed by atoms with Crippen LogP contribution in [0.2, 0.25) is 0 Å². The molecule has 2 aliphatic rings. The van der Waals surface area contributed by atoms with Crippen molar-refractivity contribution in [2.24, 2.45) is 11.8 Å². The molecule has 21 heavy (non-hydrogen) atoms. The van der Waals surface area contributed by atoms with Crippen LogP contribution in [0.15, 0.2) is 22.7 Å². The maximum absolute atomic E-state index is 6.04. The smallest absolute Gasteiger partial charge is 0.0940 e. The second-order valence-electron chi connectivity index (χ2n) is 5.90. The maximum Gasteiger partial charge on any atom is 0.0940 e. The molecule has 6 heteroatoms. The Balaban J connectivity index is 1.84. The van der Waals surface area contributed by atoms with Gasteiger partial charge in [0.1, 0.15) is 0 Å². The monoisotopic (exact) mass is 466 g/mol. The van der Waals surface area contributed by atoms with Crippen molar-refractivity contribution in [1.29, 1.82) is 0 Å². The van der Waals surface area contributed by atoms with Crippen LogP contribution in [0.5, 0.6) is 0 Å². The van der Waals surface area contributed by atoms with Gasteiger partial charge in [0.2, 0.25) is 0 Å². The first-order valence-electron chi connectivity index (χ1n) is 7.26. The van der Waals surface area contributed by atoms with Crippen LogP contribution in [0.25, 0.3) is 0 Å². The molecule has 2 aliphatic heterocycles. The molecule has 3 unspecified atom stereocenters. The Bertz CT molecular complexity index is 508. The molecule has 3 rings (SSSR count). The fourth-order valence-electron chi connectivity index (χ4n) is 3.45. The lowest BCUT2D eigenvalue weighted by Crippen LogP contribution is -2.45. The van der Waals surface area contributed by atoms with Crippen LogP contribution < -0.4 is 11.3 Å². The molecule has 0 aliphatic carbocycles. The van der Waals surface area contributed by atoms with Gasteiger partial charge in [0.15, 0.2) is 0 Å². The van der Waals surface area contributed by atoms with E-state index in [4.69, 9.17) is 15.3 Å². The highest BCUT2D eigenvalue weighted by molar-refractivity contribution is 14.1. The number of rotatable bonds is 3. The van der Waals surface area contributed by atoms with E-state index in [1.165, 1.54) is 9.13 Å². The first kappa shape index (κ1) is 16.1. The van der Waals surface area contributed by atoms with Crippen LogP contribution in [0, 0.1) is 9.49 Å². The number of ether oxygens (including phenoxy) is 2. The molecule has 0 saturated carbocycles. The summed E-state index contributed by atoms with van der Waals surface area (Å²) in [6.45, 7) is 2.31. The van der Waals surface area contributed by atoms with Crippen LogP contribution in [0.3, 0.4) is 0 Å². The lowest BCUT2D eigenvalue weighted by molar-refractivity contribution is -0.103. The van der Waals surface area contributed by atoms with Gasteiger partial charge in [0.05, 0.1) is 18.2 Å². The predicted molar refractivity (Wildman–Crippen MR) is 93.8 cm³/mol. The van der Waals surface area contributed by atoms with E-state index in [1.807, 2.05) is 0 Å². The van der Waals surface area contributed by atoms with Crippen molar-refractivity contribution in [1.82, 2.24) is 5.43 Å². The molecule has 0 bridgehead atoms. The lowest BCUT2D eigenvalue weighted by Gasteiger charge is -2.40. The summed E-state index contributed by atoms with van der Waals surface area (Å²) in [6, 6.07) is 6.50. The number of nitrogens with two attached hydrogens (primary N) is 1. The number of nitrogens with one attached hydrogen (secondary N) is 1. The molecule has 0 aromatic heterocycles. The second-order valence-corrected chi connectivity index (χ2v) is 7.97. The Kier molecular flexibility index (Phi) is 5.23. The molecule has 4 nitrogen and oxygen atoms in total. The summed E-state index contributed by atoms with van der Waals surface area (Å²) >= 11 is 5.94. The number of hydrogen-bond acceptors (Lipinski definition) is 4. The van der Waals surface area contributed by atoms with E-state index in [2.05, 4.69) is 62.1 Å². The third-order valence-corrected chi connectivity index (χ3v) is 6.02. The Morgan fingerprint density at radius 3 is 3.00 bits per heavy atom. The molecule has 1 aromatic carbocycles. The van der Waals surface area contributed by atoms with Gasteiger partial charge in [-0.15, -0.1) is 0 Å². The first-order valence-corrected chi connectivity index (χ1v) is 9.13. The molecular weight excluding hydrogens is 447 g/mol. The van der Waals surface area contributed by atoms with Crippen molar-refractivity contribution in [3.05, 3.63) is 31.8 Å². The molecule has 0 radical (unpaired) electrons. The van der Waals surface area contributed by atoms with Crippen molar-refractivity contribution in [3.63, 3.8) is 0 Å². The summed E-state index contributed by atoms with van der Waals surface area (Å²) in [5.41, 5.74) is 4.21. The van der Waals surface area contributed by atoms with Crippen LogP contribution in [0.1, 0.15) is 30.9 Å². The van der Waals surface area contributed by atoms with Crippen molar-refractivity contribution >= 4 is 38.5 Å². The van der Waals surface area contributed by atoms with Gasteiger partial charge in [0, 0.05) is 27.7 Å². The maximum atomic E-state index is 6.04. The minimum absolute atomic E-state index is 0.0878. The molecule has 2 heterocycles. The summed E-state index contributed by atoms with van der Waals surface area (Å²) in [4.78, 5) is 0. The Hall–Kier alpha value is 0.270. The Labute approximate surface area is 147 Å². The SMILES string of the molecule is NNC(c1cc(Br)ccc1I)C1CCOC2(CCOC2)C1. The van der Waals surface area contributed by atoms with E-state index >= 15 is 0 Å². The molecule has 3 atom stereocenters. The van der Waals surface area contributed by atoms with Crippen molar-refractivity contribution < 1.29 is 9.47 Å². The molecule has 2 fully saturated rings. The Morgan fingerprint density at radius 2 is 2.29 bits per heavy atom. The molecular formula is C15H20BrIN2O2. The number of benzene rings is 1. The van der Waals surface area contributed by atoms with Crippen molar-refractivity contribution in [3.8, 4) is 0 Å². The van der Waals surface area contributed by atoms with Crippen LogP contribution in [-0.2, 0) is 9.47 Å². The zero-order valence-electron chi connectivity index (χ0n) is 11.8. The highest BCUT2D eigenvalue weighted by atomic mass is 127. The van der Waals surface area contributed by atoms with E-state index in [-0.39, 0.29) is 11.6 Å². The van der Waals surface area contributed by atoms with Gasteiger partial charge in [0.25, 0.3) is 0 Å². The largest absolute Gasteiger partial charge is 0.378 e. The van der Waals surface area contributed by atoms with Crippen molar-refractivity contribution in [2.75, 3.05) is 19.8 Å². The summed E-state index contributed by atoms with van der Waals surface area (Å²) in [7, 11) is 0. The topological polar surface area (TPSA) is 56.5 Å². The van der Waals surface area contributed by atoms with Gasteiger partial charge < -0.3 is 9.47 Å². The van der Waals surface area contributed by atoms with Crippen LogP contribution >= 0.6 is 38.5 Å². The highest BCUT2D eigenvalue weighted by Gasteiger charge is 2.43. The van der Waals surface area contributed by atoms with Gasteiger partial charge in [-0.3, -0.25) is 11.3 Å². The van der Waals surface area contributed by atoms with Crippen molar-refractivity contribution in [2.45, 2.75) is 30.9 Å². The summed E-state index contributed by atoms with van der Waals surface area (Å²) < 4.78 is 13.9. The third-order valence-electron chi connectivity index (χ3n) is 4.54. The summed E-state index contributed by atoms with van der Waals surface area (Å²) in [6.07, 6.45) is 3.03. The lowest BCUT2D eigenvalue weighted by atomic mass is 9.79. The predicted octanol–water partition coefficient (Wildman–Crippen LogP) is 3.14. The van der Waals surface area contributed by atoms with E-state index in [9.17, 15) is 0 Å². The average Bonchev–Trinajstić information content (AvgIpc) is 2.91. The fraction of sp³-hybridized carbons (Fsp3) is 0.600. The van der Waals surface area contributed by atoms with E-state index in [0.29, 0.717) is 5.92 Å². The quantitative estimate of drug-likeness (QED) is 0.408. The third kappa shape index (κ3) is 3.45. The fourth-order valence-corrected chi connectivity index (χ4v) is 4.50. The van der Waals surface area contributed by atoms with Gasteiger partial charge in [-0.25, -0.2) is 0 Å². The molecule has 1 spiro atoms. The standard InChI is InChI=1S/C15H20BrIN2O2/c16-11-1-2-13(17)12(7-11)14(19-18)10-3-5-21-15(8-10)4-6-20-9-15/h1-2,7,10,14,19H,3-6,8-9,18H2. The molecule has 116 valence electrons. The Morgan fingerprint density at radius 1 is 1.43 bits per heavy atom. The summed E-state index contributed by atoms with van der Waals surface area (Å²) in [5.74, 6) is 6.37. The summed E-state index contributed by atoms with van der Waals surface area (Å²) in [5, 5.41) is 0. The first-order chi connectivity index (χ1) is 10.1. The van der Waals surface area contributed by atoms with Gasteiger partial charge in [-0.05, 0) is 65.1 Å². The average molecular weight is 467 g/mol. The molecule has 1 aromatic rings. The zero-order chi connectivity index (χ0) is 14.9. The molecule has 0 amide bonds. The van der Waals surface area contributed by atoms with Gasteiger partial charge in [-0.1, -0.05) is 15.9 Å². The number of hydrazine groups is 1. The van der Waals surface area contributed by atoms with Gasteiger partial charge >= 0.3 is 0 Å². The van der Waals surface area contributed by atoms with E-state index < -0.39 is 0 Å². The normalized spacial score (nSPS) is 30.7. The minimum Gasteiger partial charge on any atom is -0.378 e. The highest BCUT2D eigenvalue weighted by Crippen LogP contribution is 2.41. The molecule has 3 N–H and O–H groups in total. The number of halogens is 2. The minimum atomic E-state index is -0.0878. The van der Waals surface area contributed by atoms with Crippen LogP contribution in [-0.4, -0.2) is 25.4 Å². The number of hydrogen-bond donors (Lipinski definition) is 2. The van der Waals surface area contributed by atoms with E-state index in [1.54, 1.807) is 0 Å². The van der Waals surface area contributed by atoms with Crippen LogP contribution in [0.4, 0.5) is 0 Å². The van der Waals surface area contributed by atoms with Gasteiger partial charge in [-0.2, -0.15) is 0 Å².